The van der Waals surface area contributed by atoms with Crippen LogP contribution in [0.25, 0.3) is 10.1 Å². The highest BCUT2D eigenvalue weighted by atomic mass is 35.5. The molecule has 1 aromatic carbocycles. The molecule has 2 nitrogen and oxygen atoms in total. The molecule has 2 aromatic rings. The molecule has 0 spiro atoms. The minimum Gasteiger partial charge on any atom is -0.506 e. The van der Waals surface area contributed by atoms with Gasteiger partial charge in [-0.1, -0.05) is 11.6 Å². The van der Waals surface area contributed by atoms with Gasteiger partial charge >= 0.3 is 0 Å². The number of aromatic hydroxyl groups is 1. The molecule has 0 atom stereocenters. The lowest BCUT2D eigenvalue weighted by Gasteiger charge is -1.98. The van der Waals surface area contributed by atoms with E-state index in [4.69, 9.17) is 17.3 Å². The second-order valence-corrected chi connectivity index (χ2v) is 3.78. The number of fused-ring (bicyclic) bond motifs is 1. The van der Waals surface area contributed by atoms with Gasteiger partial charge in [0.05, 0.1) is 16.1 Å². The zero-order valence-electron chi connectivity index (χ0n) is 6.04. The minimum atomic E-state index is 0.0768. The summed E-state index contributed by atoms with van der Waals surface area (Å²) in [4.78, 5) is 0. The van der Waals surface area contributed by atoms with Gasteiger partial charge in [-0.15, -0.1) is 11.3 Å². The van der Waals surface area contributed by atoms with Crippen LogP contribution in [0.15, 0.2) is 17.5 Å². The number of thiophene rings is 1. The van der Waals surface area contributed by atoms with Crippen molar-refractivity contribution < 1.29 is 5.11 Å². The van der Waals surface area contributed by atoms with Crippen molar-refractivity contribution in [2.24, 2.45) is 0 Å². The van der Waals surface area contributed by atoms with Crippen molar-refractivity contribution >= 4 is 38.7 Å². The molecule has 1 heterocycles. The topological polar surface area (TPSA) is 46.2 Å². The van der Waals surface area contributed by atoms with E-state index >= 15 is 0 Å². The van der Waals surface area contributed by atoms with Crippen LogP contribution in [-0.2, 0) is 0 Å². The fourth-order valence-corrected chi connectivity index (χ4v) is 2.12. The zero-order chi connectivity index (χ0) is 8.72. The number of nitrogens with two attached hydrogens (primary N) is 1. The first-order chi connectivity index (χ1) is 5.70. The third-order valence-electron chi connectivity index (χ3n) is 1.69. The van der Waals surface area contributed by atoms with Gasteiger partial charge < -0.3 is 10.8 Å². The van der Waals surface area contributed by atoms with Crippen LogP contribution in [0.3, 0.4) is 0 Å². The van der Waals surface area contributed by atoms with E-state index in [1.807, 2.05) is 6.07 Å². The third-order valence-corrected chi connectivity index (χ3v) is 2.96. The largest absolute Gasteiger partial charge is 0.506 e. The summed E-state index contributed by atoms with van der Waals surface area (Å²) in [5, 5.41) is 12.3. The second kappa shape index (κ2) is 2.54. The van der Waals surface area contributed by atoms with E-state index < -0.39 is 0 Å². The first-order valence-electron chi connectivity index (χ1n) is 3.34. The van der Waals surface area contributed by atoms with Gasteiger partial charge in [-0.25, -0.2) is 0 Å². The average Bonchev–Trinajstić information content (AvgIpc) is 2.41. The molecule has 0 saturated carbocycles. The van der Waals surface area contributed by atoms with E-state index in [2.05, 4.69) is 0 Å². The van der Waals surface area contributed by atoms with E-state index in [9.17, 15) is 5.11 Å². The van der Waals surface area contributed by atoms with Crippen LogP contribution in [0, 0.1) is 0 Å². The highest BCUT2D eigenvalue weighted by Crippen LogP contribution is 2.39. The van der Waals surface area contributed by atoms with Crippen LogP contribution < -0.4 is 5.73 Å². The summed E-state index contributed by atoms with van der Waals surface area (Å²) in [5.41, 5.74) is 6.22. The molecule has 0 saturated heterocycles. The molecule has 0 aliphatic heterocycles. The molecule has 0 unspecified atom stereocenters. The number of anilines is 1. The molecule has 62 valence electrons. The van der Waals surface area contributed by atoms with Crippen LogP contribution in [0.1, 0.15) is 0 Å². The van der Waals surface area contributed by atoms with Crippen molar-refractivity contribution in [3.8, 4) is 5.75 Å². The fraction of sp³-hybridized carbons (Fsp3) is 0. The molecule has 0 bridgehead atoms. The number of rotatable bonds is 0. The molecule has 2 rings (SSSR count). The maximum Gasteiger partial charge on any atom is 0.144 e. The summed E-state index contributed by atoms with van der Waals surface area (Å²) in [6.45, 7) is 0. The average molecular weight is 200 g/mol. The molecule has 0 aliphatic carbocycles. The standard InChI is InChI=1S/C8H6ClNOS/c9-4-1-2-6-7(8(4)11)5(10)3-12-6/h1-3,11H,10H2. The minimum absolute atomic E-state index is 0.0768. The summed E-state index contributed by atoms with van der Waals surface area (Å²) in [6, 6.07) is 3.51. The summed E-state index contributed by atoms with van der Waals surface area (Å²) in [6.07, 6.45) is 0. The van der Waals surface area contributed by atoms with Crippen molar-refractivity contribution in [1.29, 1.82) is 0 Å². The molecule has 0 aliphatic rings. The van der Waals surface area contributed by atoms with Crippen molar-refractivity contribution in [3.05, 3.63) is 22.5 Å². The van der Waals surface area contributed by atoms with Gasteiger partial charge in [0.1, 0.15) is 5.75 Å². The molecule has 1 aromatic heterocycles. The molecular weight excluding hydrogens is 194 g/mol. The van der Waals surface area contributed by atoms with E-state index in [0.717, 1.165) is 4.70 Å². The van der Waals surface area contributed by atoms with Gasteiger partial charge in [-0.05, 0) is 12.1 Å². The van der Waals surface area contributed by atoms with Gasteiger partial charge in [0.2, 0.25) is 0 Å². The Morgan fingerprint density at radius 3 is 2.92 bits per heavy atom. The van der Waals surface area contributed by atoms with Gasteiger partial charge in [-0.3, -0.25) is 0 Å². The summed E-state index contributed by atoms with van der Waals surface area (Å²) < 4.78 is 0.953. The van der Waals surface area contributed by atoms with E-state index in [1.165, 1.54) is 11.3 Å². The predicted molar refractivity (Wildman–Crippen MR) is 52.9 cm³/mol. The van der Waals surface area contributed by atoms with Crippen LogP contribution in [0.5, 0.6) is 5.75 Å². The monoisotopic (exact) mass is 199 g/mol. The summed E-state index contributed by atoms with van der Waals surface area (Å²) in [7, 11) is 0. The van der Waals surface area contributed by atoms with Crippen molar-refractivity contribution in [2.45, 2.75) is 0 Å². The molecular formula is C8H6ClNOS. The second-order valence-electron chi connectivity index (χ2n) is 2.46. The van der Waals surface area contributed by atoms with Crippen LogP contribution in [0.2, 0.25) is 5.02 Å². The fourth-order valence-electron chi connectivity index (χ4n) is 1.11. The van der Waals surface area contributed by atoms with Crippen molar-refractivity contribution in [3.63, 3.8) is 0 Å². The highest BCUT2D eigenvalue weighted by molar-refractivity contribution is 7.17. The molecule has 3 N–H and O–H groups in total. The number of phenols is 1. The quantitative estimate of drug-likeness (QED) is 0.686. The molecule has 0 amide bonds. The van der Waals surface area contributed by atoms with Crippen molar-refractivity contribution in [2.75, 3.05) is 5.73 Å². The van der Waals surface area contributed by atoms with Crippen molar-refractivity contribution in [1.82, 2.24) is 0 Å². The number of phenolic OH excluding ortho intramolecular Hbond substituents is 1. The Morgan fingerprint density at radius 1 is 1.42 bits per heavy atom. The van der Waals surface area contributed by atoms with Gasteiger partial charge in [-0.2, -0.15) is 0 Å². The number of hydrogen-bond donors (Lipinski definition) is 2. The lowest BCUT2D eigenvalue weighted by molar-refractivity contribution is 0.482. The first-order valence-corrected chi connectivity index (χ1v) is 4.60. The summed E-state index contributed by atoms with van der Waals surface area (Å²) in [5.74, 6) is 0.0768. The Kier molecular flexibility index (Phi) is 1.63. The Morgan fingerprint density at radius 2 is 2.17 bits per heavy atom. The van der Waals surface area contributed by atoms with Crippen LogP contribution in [-0.4, -0.2) is 5.11 Å². The molecule has 0 fully saturated rings. The smallest absolute Gasteiger partial charge is 0.144 e. The lowest BCUT2D eigenvalue weighted by Crippen LogP contribution is -1.80. The first kappa shape index (κ1) is 7.71. The number of hydrogen-bond acceptors (Lipinski definition) is 3. The highest BCUT2D eigenvalue weighted by Gasteiger charge is 2.08. The normalized spacial score (nSPS) is 10.8. The number of nitrogen functional groups attached to an aromatic ring is 1. The number of benzene rings is 1. The van der Waals surface area contributed by atoms with E-state index in [1.54, 1.807) is 11.4 Å². The Labute approximate surface area is 78.2 Å². The molecule has 0 radical (unpaired) electrons. The van der Waals surface area contributed by atoms with Gasteiger partial charge in [0.15, 0.2) is 0 Å². The maximum absolute atomic E-state index is 9.52. The maximum atomic E-state index is 9.52. The number of halogens is 1. The predicted octanol–water partition coefficient (Wildman–Crippen LogP) is 2.84. The SMILES string of the molecule is Nc1csc2ccc(Cl)c(O)c12. The third kappa shape index (κ3) is 0.940. The van der Waals surface area contributed by atoms with Crippen LogP contribution >= 0.6 is 22.9 Å². The van der Waals surface area contributed by atoms with Gasteiger partial charge in [0, 0.05) is 10.1 Å². The van der Waals surface area contributed by atoms with E-state index in [0.29, 0.717) is 16.1 Å². The Bertz CT molecular complexity index is 438. The summed E-state index contributed by atoms with van der Waals surface area (Å²) >= 11 is 7.21. The Balaban J connectivity index is 2.96. The molecule has 4 heteroatoms. The van der Waals surface area contributed by atoms with E-state index in [-0.39, 0.29) is 5.75 Å². The van der Waals surface area contributed by atoms with Gasteiger partial charge in [0.25, 0.3) is 0 Å². The zero-order valence-corrected chi connectivity index (χ0v) is 7.62. The Hall–Kier alpha value is -0.930. The lowest BCUT2D eigenvalue weighted by atomic mass is 10.2. The van der Waals surface area contributed by atoms with Crippen LogP contribution in [0.4, 0.5) is 5.69 Å². The molecule has 12 heavy (non-hydrogen) atoms.